The molecule has 1 aliphatic rings. The average Bonchev–Trinajstić information content (AvgIpc) is 2.54. The molecule has 1 fully saturated rings. The lowest BCUT2D eigenvalue weighted by molar-refractivity contribution is -0.151. The number of nitrogens with one attached hydrogen (secondary N) is 1. The van der Waals surface area contributed by atoms with Crippen molar-refractivity contribution < 1.29 is 22.7 Å². The van der Waals surface area contributed by atoms with E-state index in [0.29, 0.717) is 13.0 Å². The molecule has 0 aromatic carbocycles. The van der Waals surface area contributed by atoms with Crippen LogP contribution >= 0.6 is 0 Å². The SMILES string of the molecule is C[C@@H](C(=O)N[C@H]1CCCO[C@@H]1c1ccncc1)N(C)CC(F)(F)F. The molecule has 8 heteroatoms. The summed E-state index contributed by atoms with van der Waals surface area (Å²) in [6.07, 6.45) is 0.147. The van der Waals surface area contributed by atoms with Crippen molar-refractivity contribution in [2.24, 2.45) is 0 Å². The van der Waals surface area contributed by atoms with Gasteiger partial charge in [-0.05, 0) is 44.5 Å². The van der Waals surface area contributed by atoms with Crippen LogP contribution in [-0.2, 0) is 9.53 Å². The molecule has 0 aliphatic carbocycles. The maximum atomic E-state index is 12.5. The standard InChI is InChI=1S/C16H22F3N3O2/c1-11(22(2)10-16(17,18)19)15(23)21-13-4-3-9-24-14(13)12-5-7-20-8-6-12/h5-8,11,13-14H,3-4,9-10H2,1-2H3,(H,21,23)/t11-,13-,14+/m0/s1. The third-order valence-corrected chi connectivity index (χ3v) is 4.15. The second-order valence-corrected chi connectivity index (χ2v) is 6.04. The van der Waals surface area contributed by atoms with Gasteiger partial charge in [0.2, 0.25) is 5.91 Å². The van der Waals surface area contributed by atoms with Crippen LogP contribution in [0.1, 0.15) is 31.4 Å². The summed E-state index contributed by atoms with van der Waals surface area (Å²) >= 11 is 0. The molecular weight excluding hydrogens is 323 g/mol. The predicted octanol–water partition coefficient (Wildman–Crippen LogP) is 2.30. The smallest absolute Gasteiger partial charge is 0.371 e. The molecule has 0 bridgehead atoms. The molecule has 1 saturated heterocycles. The number of hydrogen-bond acceptors (Lipinski definition) is 4. The number of alkyl halides is 3. The minimum atomic E-state index is -4.34. The van der Waals surface area contributed by atoms with E-state index in [4.69, 9.17) is 4.74 Å². The monoisotopic (exact) mass is 345 g/mol. The van der Waals surface area contributed by atoms with Gasteiger partial charge in [-0.15, -0.1) is 0 Å². The van der Waals surface area contributed by atoms with Gasteiger partial charge in [-0.3, -0.25) is 14.7 Å². The summed E-state index contributed by atoms with van der Waals surface area (Å²) < 4.78 is 43.2. The van der Waals surface area contributed by atoms with Gasteiger partial charge >= 0.3 is 6.18 Å². The maximum absolute atomic E-state index is 12.5. The number of likely N-dealkylation sites (N-methyl/N-ethyl adjacent to an activating group) is 1. The highest BCUT2D eigenvalue weighted by Crippen LogP contribution is 2.28. The highest BCUT2D eigenvalue weighted by atomic mass is 19.4. The number of aromatic nitrogens is 1. The highest BCUT2D eigenvalue weighted by molar-refractivity contribution is 5.81. The Kier molecular flexibility index (Phi) is 6.17. The van der Waals surface area contributed by atoms with E-state index in [1.807, 2.05) is 12.1 Å². The minimum absolute atomic E-state index is 0.268. The van der Waals surface area contributed by atoms with Gasteiger partial charge in [0.15, 0.2) is 0 Å². The molecule has 1 N–H and O–H groups in total. The Hall–Kier alpha value is -1.67. The topological polar surface area (TPSA) is 54.5 Å². The maximum Gasteiger partial charge on any atom is 0.401 e. The van der Waals surface area contributed by atoms with Crippen LogP contribution < -0.4 is 5.32 Å². The molecule has 0 unspecified atom stereocenters. The van der Waals surface area contributed by atoms with Crippen LogP contribution in [0.25, 0.3) is 0 Å². The average molecular weight is 345 g/mol. The second-order valence-electron chi connectivity index (χ2n) is 6.04. The second kappa shape index (κ2) is 7.94. The number of carbonyl (C=O) groups excluding carboxylic acids is 1. The van der Waals surface area contributed by atoms with Gasteiger partial charge in [0.1, 0.15) is 6.10 Å². The molecule has 1 aromatic heterocycles. The van der Waals surface area contributed by atoms with E-state index in [1.165, 1.54) is 14.0 Å². The number of carbonyl (C=O) groups is 1. The van der Waals surface area contributed by atoms with Gasteiger partial charge in [0.25, 0.3) is 0 Å². The zero-order valence-corrected chi connectivity index (χ0v) is 13.7. The lowest BCUT2D eigenvalue weighted by atomic mass is 9.96. The molecule has 2 heterocycles. The molecule has 0 saturated carbocycles. The van der Waals surface area contributed by atoms with E-state index in [2.05, 4.69) is 10.3 Å². The van der Waals surface area contributed by atoms with Crippen LogP contribution in [0, 0.1) is 0 Å². The van der Waals surface area contributed by atoms with Crippen LogP contribution in [0.4, 0.5) is 13.2 Å². The fraction of sp³-hybridized carbons (Fsp3) is 0.625. The summed E-state index contributed by atoms with van der Waals surface area (Å²) in [5.41, 5.74) is 0.895. The number of nitrogens with zero attached hydrogens (tertiary/aromatic N) is 2. The fourth-order valence-corrected chi connectivity index (χ4v) is 2.73. The van der Waals surface area contributed by atoms with Crippen LogP contribution in [-0.4, -0.2) is 54.3 Å². The fourth-order valence-electron chi connectivity index (χ4n) is 2.73. The molecule has 134 valence electrons. The van der Waals surface area contributed by atoms with Crippen LogP contribution in [0.2, 0.25) is 0 Å². The number of rotatable bonds is 5. The molecular formula is C16H22F3N3O2. The number of ether oxygens (including phenoxy) is 1. The van der Waals surface area contributed by atoms with Gasteiger partial charge in [-0.1, -0.05) is 0 Å². The summed E-state index contributed by atoms with van der Waals surface area (Å²) in [6, 6.07) is 2.48. The van der Waals surface area contributed by atoms with Gasteiger partial charge in [-0.25, -0.2) is 0 Å². The Bertz CT molecular complexity index is 539. The lowest BCUT2D eigenvalue weighted by Crippen LogP contribution is -2.51. The number of pyridine rings is 1. The Balaban J connectivity index is 2.00. The van der Waals surface area contributed by atoms with Gasteiger partial charge in [-0.2, -0.15) is 13.2 Å². The number of amides is 1. The van der Waals surface area contributed by atoms with E-state index < -0.39 is 24.7 Å². The molecule has 0 radical (unpaired) electrons. The molecule has 2 rings (SSSR count). The first-order valence-electron chi connectivity index (χ1n) is 7.87. The first-order valence-corrected chi connectivity index (χ1v) is 7.87. The Morgan fingerprint density at radius 2 is 2.12 bits per heavy atom. The molecule has 0 spiro atoms. The first-order chi connectivity index (χ1) is 11.3. The number of halogens is 3. The van der Waals surface area contributed by atoms with Crippen molar-refractivity contribution in [3.05, 3.63) is 30.1 Å². The predicted molar refractivity (Wildman–Crippen MR) is 82.2 cm³/mol. The van der Waals surface area contributed by atoms with Crippen LogP contribution in [0.5, 0.6) is 0 Å². The summed E-state index contributed by atoms with van der Waals surface area (Å²) in [5, 5.41) is 2.84. The van der Waals surface area contributed by atoms with Gasteiger partial charge in [0.05, 0.1) is 18.6 Å². The zero-order valence-electron chi connectivity index (χ0n) is 13.7. The molecule has 1 amide bonds. The largest absolute Gasteiger partial charge is 0.401 e. The van der Waals surface area contributed by atoms with Gasteiger partial charge in [0, 0.05) is 19.0 Å². The van der Waals surface area contributed by atoms with Crippen molar-refractivity contribution in [1.82, 2.24) is 15.2 Å². The zero-order chi connectivity index (χ0) is 17.7. The lowest BCUT2D eigenvalue weighted by Gasteiger charge is -2.34. The molecule has 24 heavy (non-hydrogen) atoms. The quantitative estimate of drug-likeness (QED) is 0.890. The first kappa shape index (κ1) is 18.7. The summed E-state index contributed by atoms with van der Waals surface area (Å²) in [5.74, 6) is -0.434. The Morgan fingerprint density at radius 3 is 2.75 bits per heavy atom. The third-order valence-electron chi connectivity index (χ3n) is 4.15. The Labute approximate surface area is 139 Å². The van der Waals surface area contributed by atoms with E-state index in [1.54, 1.807) is 12.4 Å². The summed E-state index contributed by atoms with van der Waals surface area (Å²) in [4.78, 5) is 17.3. The van der Waals surface area contributed by atoms with E-state index in [0.717, 1.165) is 16.9 Å². The van der Waals surface area contributed by atoms with Crippen molar-refractivity contribution in [2.45, 2.75) is 44.1 Å². The van der Waals surface area contributed by atoms with Crippen molar-refractivity contribution in [3.63, 3.8) is 0 Å². The third kappa shape index (κ3) is 5.17. The van der Waals surface area contributed by atoms with Crippen molar-refractivity contribution >= 4 is 5.91 Å². The van der Waals surface area contributed by atoms with E-state index >= 15 is 0 Å². The van der Waals surface area contributed by atoms with E-state index in [9.17, 15) is 18.0 Å². The van der Waals surface area contributed by atoms with E-state index in [-0.39, 0.29) is 12.1 Å². The molecule has 1 aliphatic heterocycles. The van der Waals surface area contributed by atoms with Gasteiger partial charge < -0.3 is 10.1 Å². The highest BCUT2D eigenvalue weighted by Gasteiger charge is 2.34. The molecule has 1 aromatic rings. The van der Waals surface area contributed by atoms with Crippen molar-refractivity contribution in [3.8, 4) is 0 Å². The summed E-state index contributed by atoms with van der Waals surface area (Å²) in [7, 11) is 1.29. The molecule has 3 atom stereocenters. The Morgan fingerprint density at radius 1 is 1.46 bits per heavy atom. The van der Waals surface area contributed by atoms with Crippen LogP contribution in [0.15, 0.2) is 24.5 Å². The minimum Gasteiger partial charge on any atom is -0.371 e. The molecule has 5 nitrogen and oxygen atoms in total. The summed E-state index contributed by atoms with van der Waals surface area (Å²) in [6.45, 7) is 0.922. The van der Waals surface area contributed by atoms with Crippen molar-refractivity contribution in [1.29, 1.82) is 0 Å². The normalized spacial score (nSPS) is 23.1. The number of hydrogen-bond donors (Lipinski definition) is 1. The van der Waals surface area contributed by atoms with Crippen molar-refractivity contribution in [2.75, 3.05) is 20.2 Å². The van der Waals surface area contributed by atoms with Crippen LogP contribution in [0.3, 0.4) is 0 Å².